The molecule has 0 aliphatic carbocycles. The Morgan fingerprint density at radius 1 is 1.14 bits per heavy atom. The van der Waals surface area contributed by atoms with Crippen LogP contribution in [0.25, 0.3) is 5.69 Å². The fourth-order valence-electron chi connectivity index (χ4n) is 2.26. The SMILES string of the molecule is Cc1ncccc1-n1cccc1C(=O)Nc1ccccc1Cl. The Morgan fingerprint density at radius 3 is 2.73 bits per heavy atom. The molecule has 0 aliphatic rings. The molecule has 110 valence electrons. The van der Waals surface area contributed by atoms with Gasteiger partial charge in [0.2, 0.25) is 0 Å². The van der Waals surface area contributed by atoms with Crippen molar-refractivity contribution in [2.45, 2.75) is 6.92 Å². The smallest absolute Gasteiger partial charge is 0.272 e. The van der Waals surface area contributed by atoms with Gasteiger partial charge in [0.05, 0.1) is 22.1 Å². The molecule has 0 saturated carbocycles. The summed E-state index contributed by atoms with van der Waals surface area (Å²) in [6.07, 6.45) is 3.57. The Kier molecular flexibility index (Phi) is 3.94. The van der Waals surface area contributed by atoms with E-state index in [9.17, 15) is 4.79 Å². The minimum Gasteiger partial charge on any atom is -0.319 e. The second kappa shape index (κ2) is 6.03. The first-order valence-electron chi connectivity index (χ1n) is 6.82. The molecule has 0 saturated heterocycles. The van der Waals surface area contributed by atoms with Crippen molar-refractivity contribution in [1.82, 2.24) is 9.55 Å². The van der Waals surface area contributed by atoms with Crippen molar-refractivity contribution in [3.05, 3.63) is 77.3 Å². The molecule has 5 heteroatoms. The molecule has 2 heterocycles. The van der Waals surface area contributed by atoms with Crippen molar-refractivity contribution in [3.63, 3.8) is 0 Å². The highest BCUT2D eigenvalue weighted by Crippen LogP contribution is 2.22. The van der Waals surface area contributed by atoms with E-state index in [4.69, 9.17) is 11.6 Å². The van der Waals surface area contributed by atoms with E-state index in [1.807, 2.05) is 48.0 Å². The predicted molar refractivity (Wildman–Crippen MR) is 87.7 cm³/mol. The van der Waals surface area contributed by atoms with Crippen LogP contribution in [0.4, 0.5) is 5.69 Å². The minimum atomic E-state index is -0.221. The topological polar surface area (TPSA) is 46.9 Å². The number of nitrogens with one attached hydrogen (secondary N) is 1. The van der Waals surface area contributed by atoms with E-state index < -0.39 is 0 Å². The van der Waals surface area contributed by atoms with Gasteiger partial charge in [-0.25, -0.2) is 0 Å². The van der Waals surface area contributed by atoms with Gasteiger partial charge < -0.3 is 9.88 Å². The van der Waals surface area contributed by atoms with E-state index in [0.29, 0.717) is 16.4 Å². The second-order valence-corrected chi connectivity index (χ2v) is 5.21. The maximum atomic E-state index is 12.5. The summed E-state index contributed by atoms with van der Waals surface area (Å²) in [5, 5.41) is 3.34. The molecule has 2 aromatic heterocycles. The average Bonchev–Trinajstić information content (AvgIpc) is 2.99. The number of para-hydroxylation sites is 1. The minimum absolute atomic E-state index is 0.221. The maximum Gasteiger partial charge on any atom is 0.272 e. The molecule has 0 unspecified atom stereocenters. The van der Waals surface area contributed by atoms with Crippen molar-refractivity contribution < 1.29 is 4.79 Å². The Morgan fingerprint density at radius 2 is 1.95 bits per heavy atom. The molecule has 0 atom stereocenters. The van der Waals surface area contributed by atoms with Gasteiger partial charge in [-0.15, -0.1) is 0 Å². The molecule has 1 N–H and O–H groups in total. The van der Waals surface area contributed by atoms with E-state index in [1.54, 1.807) is 24.4 Å². The first-order chi connectivity index (χ1) is 10.7. The van der Waals surface area contributed by atoms with Crippen LogP contribution in [0.2, 0.25) is 5.02 Å². The summed E-state index contributed by atoms with van der Waals surface area (Å²) < 4.78 is 1.81. The Labute approximate surface area is 133 Å². The van der Waals surface area contributed by atoms with E-state index in [2.05, 4.69) is 10.3 Å². The highest BCUT2D eigenvalue weighted by molar-refractivity contribution is 6.33. The average molecular weight is 312 g/mol. The summed E-state index contributed by atoms with van der Waals surface area (Å²) in [6, 6.07) is 14.5. The van der Waals surface area contributed by atoms with Gasteiger partial charge in [0.15, 0.2) is 0 Å². The lowest BCUT2D eigenvalue weighted by atomic mass is 10.2. The maximum absolute atomic E-state index is 12.5. The first-order valence-corrected chi connectivity index (χ1v) is 7.20. The van der Waals surface area contributed by atoms with Gasteiger partial charge in [-0.1, -0.05) is 23.7 Å². The molecule has 0 radical (unpaired) electrons. The number of hydrogen-bond donors (Lipinski definition) is 1. The largest absolute Gasteiger partial charge is 0.319 e. The number of amides is 1. The van der Waals surface area contributed by atoms with Gasteiger partial charge in [-0.05, 0) is 43.3 Å². The van der Waals surface area contributed by atoms with Crippen molar-refractivity contribution >= 4 is 23.2 Å². The standard InChI is InChI=1S/C17H14ClN3O/c1-12-15(8-4-10-19-12)21-11-5-9-16(21)17(22)20-14-7-3-2-6-13(14)18/h2-11H,1H3,(H,20,22). The molecule has 0 fully saturated rings. The third-order valence-electron chi connectivity index (χ3n) is 3.34. The van der Waals surface area contributed by atoms with E-state index >= 15 is 0 Å². The second-order valence-electron chi connectivity index (χ2n) is 4.81. The number of carbonyl (C=O) groups is 1. The van der Waals surface area contributed by atoms with Crippen molar-refractivity contribution in [2.75, 3.05) is 5.32 Å². The van der Waals surface area contributed by atoms with Crippen LogP contribution in [0, 0.1) is 6.92 Å². The number of pyridine rings is 1. The van der Waals surface area contributed by atoms with Crippen molar-refractivity contribution in [2.24, 2.45) is 0 Å². The Bertz CT molecular complexity index is 826. The van der Waals surface area contributed by atoms with Crippen LogP contribution in [-0.4, -0.2) is 15.5 Å². The number of nitrogens with zero attached hydrogens (tertiary/aromatic N) is 2. The molecule has 0 aliphatic heterocycles. The Hall–Kier alpha value is -2.59. The number of anilines is 1. The van der Waals surface area contributed by atoms with Gasteiger partial charge in [0.1, 0.15) is 5.69 Å². The van der Waals surface area contributed by atoms with Crippen LogP contribution in [0.15, 0.2) is 60.9 Å². The molecular weight excluding hydrogens is 298 g/mol. The number of halogens is 1. The number of aromatic nitrogens is 2. The summed E-state index contributed by atoms with van der Waals surface area (Å²) in [6.45, 7) is 1.91. The lowest BCUT2D eigenvalue weighted by Crippen LogP contribution is -2.16. The van der Waals surface area contributed by atoms with E-state index in [1.165, 1.54) is 0 Å². The molecule has 4 nitrogen and oxygen atoms in total. The van der Waals surface area contributed by atoms with Crippen LogP contribution in [-0.2, 0) is 0 Å². The quantitative estimate of drug-likeness (QED) is 0.792. The number of carbonyl (C=O) groups excluding carboxylic acids is 1. The first kappa shape index (κ1) is 14.4. The van der Waals surface area contributed by atoms with Gasteiger partial charge in [0.25, 0.3) is 5.91 Å². The highest BCUT2D eigenvalue weighted by Gasteiger charge is 2.14. The lowest BCUT2D eigenvalue weighted by Gasteiger charge is -2.12. The molecule has 3 rings (SSSR count). The molecule has 3 aromatic rings. The number of benzene rings is 1. The normalized spacial score (nSPS) is 10.5. The zero-order valence-corrected chi connectivity index (χ0v) is 12.7. The summed E-state index contributed by atoms with van der Waals surface area (Å²) >= 11 is 6.08. The highest BCUT2D eigenvalue weighted by atomic mass is 35.5. The zero-order valence-electron chi connectivity index (χ0n) is 12.0. The molecule has 22 heavy (non-hydrogen) atoms. The summed E-state index contributed by atoms with van der Waals surface area (Å²) in [5.74, 6) is -0.221. The van der Waals surface area contributed by atoms with Crippen LogP contribution >= 0.6 is 11.6 Å². The molecule has 0 bridgehead atoms. The fraction of sp³-hybridized carbons (Fsp3) is 0.0588. The summed E-state index contributed by atoms with van der Waals surface area (Å²) in [7, 11) is 0. The van der Waals surface area contributed by atoms with Gasteiger partial charge in [-0.2, -0.15) is 0 Å². The third kappa shape index (κ3) is 2.73. The Balaban J connectivity index is 1.94. The number of hydrogen-bond acceptors (Lipinski definition) is 2. The molecule has 1 aromatic carbocycles. The van der Waals surface area contributed by atoms with Gasteiger partial charge in [-0.3, -0.25) is 9.78 Å². The van der Waals surface area contributed by atoms with Crippen LogP contribution in [0.3, 0.4) is 0 Å². The van der Waals surface area contributed by atoms with Crippen LogP contribution in [0.1, 0.15) is 16.2 Å². The van der Waals surface area contributed by atoms with Gasteiger partial charge >= 0.3 is 0 Å². The zero-order chi connectivity index (χ0) is 15.5. The third-order valence-corrected chi connectivity index (χ3v) is 3.67. The molecular formula is C17H14ClN3O. The van der Waals surface area contributed by atoms with Crippen LogP contribution < -0.4 is 5.32 Å². The summed E-state index contributed by atoms with van der Waals surface area (Å²) in [5.41, 5.74) is 2.84. The molecule has 1 amide bonds. The van der Waals surface area contributed by atoms with Crippen molar-refractivity contribution in [1.29, 1.82) is 0 Å². The van der Waals surface area contributed by atoms with E-state index in [-0.39, 0.29) is 5.91 Å². The van der Waals surface area contributed by atoms with E-state index in [0.717, 1.165) is 11.4 Å². The monoisotopic (exact) mass is 311 g/mol. The summed E-state index contributed by atoms with van der Waals surface area (Å²) in [4.78, 5) is 16.8. The van der Waals surface area contributed by atoms with Crippen molar-refractivity contribution in [3.8, 4) is 5.69 Å². The number of aryl methyl sites for hydroxylation is 1. The molecule has 0 spiro atoms. The predicted octanol–water partition coefficient (Wildman–Crippen LogP) is 4.09. The lowest BCUT2D eigenvalue weighted by molar-refractivity contribution is 0.102. The number of rotatable bonds is 3. The van der Waals surface area contributed by atoms with Gasteiger partial charge in [0, 0.05) is 12.4 Å². The van der Waals surface area contributed by atoms with Crippen LogP contribution in [0.5, 0.6) is 0 Å². The fourth-order valence-corrected chi connectivity index (χ4v) is 2.44.